The van der Waals surface area contributed by atoms with Crippen molar-refractivity contribution in [2.75, 3.05) is 0 Å². The van der Waals surface area contributed by atoms with E-state index in [0.717, 1.165) is 54.4 Å². The molecule has 0 unspecified atom stereocenters. The van der Waals surface area contributed by atoms with Gasteiger partial charge < -0.3 is 5.11 Å². The van der Waals surface area contributed by atoms with Gasteiger partial charge in [0.2, 0.25) is 0 Å². The van der Waals surface area contributed by atoms with Crippen LogP contribution in [-0.4, -0.2) is 20.5 Å². The molecule has 0 amide bonds. The Hall–Kier alpha value is -2.33. The second-order valence-corrected chi connectivity index (χ2v) is 8.05. The van der Waals surface area contributed by atoms with E-state index in [0.29, 0.717) is 16.5 Å². The Labute approximate surface area is 178 Å². The molecule has 0 fully saturated rings. The lowest BCUT2D eigenvalue weighted by Crippen LogP contribution is -1.96. The van der Waals surface area contributed by atoms with E-state index in [9.17, 15) is 5.11 Å². The summed E-state index contributed by atoms with van der Waals surface area (Å²) in [4.78, 5) is 0. The highest BCUT2D eigenvalue weighted by atomic mass is 35.5. The Morgan fingerprint density at radius 2 is 1.66 bits per heavy atom. The largest absolute Gasteiger partial charge is 0.507 e. The minimum atomic E-state index is 0.368. The number of hydrogen-bond donors (Lipinski definition) is 2. The quantitative estimate of drug-likeness (QED) is 0.354. The van der Waals surface area contributed by atoms with Crippen LogP contribution in [0.3, 0.4) is 0 Å². The molecule has 0 bridgehead atoms. The van der Waals surface area contributed by atoms with Crippen LogP contribution in [0, 0.1) is 0 Å². The molecule has 0 aliphatic carbocycles. The number of phenols is 1. The molecule has 154 valence electrons. The molecular formula is C24H30ClN3O. The summed E-state index contributed by atoms with van der Waals surface area (Å²) in [6.07, 6.45) is 10.6. The molecule has 0 saturated carbocycles. The number of rotatable bonds is 10. The molecule has 1 aromatic heterocycles. The van der Waals surface area contributed by atoms with Gasteiger partial charge in [0.25, 0.3) is 0 Å². The number of halogens is 1. The zero-order valence-electron chi connectivity index (χ0n) is 17.3. The number of phenolic OH excluding ortho intramolecular Hbond substituents is 1. The number of aromatic hydroxyl groups is 1. The van der Waals surface area contributed by atoms with Crippen molar-refractivity contribution < 1.29 is 5.11 Å². The molecule has 3 rings (SSSR count). The first kappa shape index (κ1) is 21.4. The van der Waals surface area contributed by atoms with E-state index in [4.69, 9.17) is 11.6 Å². The number of aromatic amines is 1. The van der Waals surface area contributed by atoms with Crippen LogP contribution in [0.25, 0.3) is 22.4 Å². The second kappa shape index (κ2) is 10.4. The normalized spacial score (nSPS) is 11.1. The summed E-state index contributed by atoms with van der Waals surface area (Å²) in [5.41, 5.74) is 5.66. The zero-order chi connectivity index (χ0) is 20.6. The highest BCUT2D eigenvalue weighted by Gasteiger charge is 2.17. The Balaban J connectivity index is 2.07. The Kier molecular flexibility index (Phi) is 7.70. The van der Waals surface area contributed by atoms with Crippen molar-refractivity contribution in [3.05, 3.63) is 52.7 Å². The number of hydrogen-bond acceptors (Lipinski definition) is 3. The molecule has 0 radical (unpaired) electrons. The van der Waals surface area contributed by atoms with Gasteiger partial charge in [-0.2, -0.15) is 0 Å². The number of H-pyrrole nitrogens is 1. The summed E-state index contributed by atoms with van der Waals surface area (Å²) >= 11 is 6.27. The number of benzene rings is 2. The van der Waals surface area contributed by atoms with E-state index in [-0.39, 0.29) is 0 Å². The Morgan fingerprint density at radius 3 is 2.34 bits per heavy atom. The number of aryl methyl sites for hydroxylation is 2. The topological polar surface area (TPSA) is 61.8 Å². The van der Waals surface area contributed by atoms with Gasteiger partial charge in [-0.05, 0) is 60.6 Å². The molecule has 3 aromatic rings. The number of nitrogens with one attached hydrogen (secondary N) is 1. The van der Waals surface area contributed by atoms with E-state index >= 15 is 0 Å². The lowest BCUT2D eigenvalue weighted by atomic mass is 9.91. The third-order valence-corrected chi connectivity index (χ3v) is 5.57. The van der Waals surface area contributed by atoms with Crippen LogP contribution in [0.1, 0.15) is 63.5 Å². The third-order valence-electron chi connectivity index (χ3n) is 5.33. The van der Waals surface area contributed by atoms with Gasteiger partial charge in [0, 0.05) is 16.1 Å². The summed E-state index contributed by atoms with van der Waals surface area (Å²) in [6, 6.07) is 10.0. The first-order valence-electron chi connectivity index (χ1n) is 10.7. The van der Waals surface area contributed by atoms with Gasteiger partial charge in [-0.15, -0.1) is 5.10 Å². The van der Waals surface area contributed by atoms with E-state index in [2.05, 4.69) is 41.4 Å². The minimum Gasteiger partial charge on any atom is -0.507 e. The van der Waals surface area contributed by atoms with E-state index < -0.39 is 0 Å². The second-order valence-electron chi connectivity index (χ2n) is 7.61. The van der Waals surface area contributed by atoms with Gasteiger partial charge >= 0.3 is 0 Å². The molecule has 1 heterocycles. The van der Waals surface area contributed by atoms with Crippen molar-refractivity contribution in [1.29, 1.82) is 0 Å². The lowest BCUT2D eigenvalue weighted by molar-refractivity contribution is 0.468. The van der Waals surface area contributed by atoms with Gasteiger partial charge in [0.15, 0.2) is 0 Å². The van der Waals surface area contributed by atoms with Gasteiger partial charge in [-0.3, -0.25) is 5.10 Å². The number of nitrogens with zero attached hydrogens (tertiary/aromatic N) is 2. The van der Waals surface area contributed by atoms with Crippen molar-refractivity contribution in [2.45, 2.75) is 65.2 Å². The molecule has 0 aliphatic heterocycles. The first-order valence-corrected chi connectivity index (χ1v) is 11.0. The fourth-order valence-electron chi connectivity index (χ4n) is 3.74. The van der Waals surface area contributed by atoms with Crippen molar-refractivity contribution in [3.63, 3.8) is 0 Å². The molecule has 0 spiro atoms. The fourth-order valence-corrected chi connectivity index (χ4v) is 3.91. The van der Waals surface area contributed by atoms with Crippen LogP contribution in [-0.2, 0) is 12.8 Å². The molecule has 29 heavy (non-hydrogen) atoms. The van der Waals surface area contributed by atoms with Gasteiger partial charge in [-0.1, -0.05) is 68.5 Å². The first-order chi connectivity index (χ1) is 14.1. The predicted octanol–water partition coefficient (Wildman–Crippen LogP) is 6.96. The van der Waals surface area contributed by atoms with Crippen LogP contribution in [0.15, 0.2) is 36.5 Å². The number of unbranched alkanes of at least 4 members (excludes halogenated alkanes) is 4. The maximum absolute atomic E-state index is 11.2. The van der Waals surface area contributed by atoms with Crippen LogP contribution in [0.4, 0.5) is 0 Å². The smallest absolute Gasteiger partial charge is 0.126 e. The van der Waals surface area contributed by atoms with Crippen LogP contribution in [0.5, 0.6) is 5.75 Å². The Bertz CT molecular complexity index is 922. The van der Waals surface area contributed by atoms with Crippen molar-refractivity contribution in [2.24, 2.45) is 0 Å². The van der Waals surface area contributed by atoms with Gasteiger partial charge in [0.1, 0.15) is 11.4 Å². The molecular weight excluding hydrogens is 382 g/mol. The van der Waals surface area contributed by atoms with E-state index in [1.807, 2.05) is 18.2 Å². The van der Waals surface area contributed by atoms with E-state index in [1.54, 1.807) is 6.20 Å². The summed E-state index contributed by atoms with van der Waals surface area (Å²) < 4.78 is 0. The van der Waals surface area contributed by atoms with E-state index in [1.165, 1.54) is 24.8 Å². The molecule has 2 N–H and O–H groups in total. The fraction of sp³-hybridized carbons (Fsp3) is 0.417. The zero-order valence-corrected chi connectivity index (χ0v) is 18.1. The van der Waals surface area contributed by atoms with Crippen LogP contribution in [0.2, 0.25) is 5.02 Å². The van der Waals surface area contributed by atoms with Crippen LogP contribution < -0.4 is 0 Å². The van der Waals surface area contributed by atoms with Gasteiger partial charge in [-0.25, -0.2) is 0 Å². The van der Waals surface area contributed by atoms with Crippen molar-refractivity contribution in [1.82, 2.24) is 15.4 Å². The standard InChI is InChI=1S/C24H30ClN3O/c1-3-5-7-9-17-13-18(10-8-6-4-2)24(29)22(14-17)20-12-11-19(25)15-21(20)23-16-26-28-27-23/h11-16,29H,3-10H2,1-2H3,(H,26,27,28). The molecule has 0 aliphatic rings. The minimum absolute atomic E-state index is 0.368. The summed E-state index contributed by atoms with van der Waals surface area (Å²) in [7, 11) is 0. The highest BCUT2D eigenvalue weighted by Crippen LogP contribution is 2.40. The SMILES string of the molecule is CCCCCc1cc(CCCCC)c(O)c(-c2ccc(Cl)cc2-c2c[nH]nn2)c1. The summed E-state index contributed by atoms with van der Waals surface area (Å²) in [5, 5.41) is 22.6. The van der Waals surface area contributed by atoms with Crippen molar-refractivity contribution >= 4 is 11.6 Å². The average Bonchev–Trinajstić information content (AvgIpc) is 3.25. The molecule has 5 heteroatoms. The predicted molar refractivity (Wildman–Crippen MR) is 120 cm³/mol. The van der Waals surface area contributed by atoms with Gasteiger partial charge in [0.05, 0.1) is 6.20 Å². The summed E-state index contributed by atoms with van der Waals surface area (Å²) in [6.45, 7) is 4.42. The Morgan fingerprint density at radius 1 is 0.897 bits per heavy atom. The molecule has 4 nitrogen and oxygen atoms in total. The van der Waals surface area contributed by atoms with Crippen LogP contribution >= 0.6 is 11.6 Å². The third kappa shape index (κ3) is 5.39. The molecule has 0 atom stereocenters. The van der Waals surface area contributed by atoms with Crippen molar-refractivity contribution in [3.8, 4) is 28.1 Å². The summed E-state index contributed by atoms with van der Waals surface area (Å²) in [5.74, 6) is 0.368. The monoisotopic (exact) mass is 411 g/mol. The highest BCUT2D eigenvalue weighted by molar-refractivity contribution is 6.31. The maximum Gasteiger partial charge on any atom is 0.126 e. The average molecular weight is 412 g/mol. The lowest BCUT2D eigenvalue weighted by Gasteiger charge is -2.16. The molecule has 2 aromatic carbocycles. The number of aromatic nitrogens is 3. The molecule has 0 saturated heterocycles. The maximum atomic E-state index is 11.2.